The van der Waals surface area contributed by atoms with Crippen LogP contribution in [-0.4, -0.2) is 56.5 Å². The second-order valence-electron chi connectivity index (χ2n) is 8.32. The molecule has 0 bridgehead atoms. The average molecular weight is 494 g/mol. The number of nitrogens with one attached hydrogen (secondary N) is 1. The molecule has 2 aromatic heterocycles. The van der Waals surface area contributed by atoms with E-state index < -0.39 is 10.0 Å². The second kappa shape index (κ2) is 9.21. The van der Waals surface area contributed by atoms with Crippen LogP contribution in [0, 0.1) is 0 Å². The van der Waals surface area contributed by atoms with Crippen LogP contribution >= 0.6 is 11.6 Å². The summed E-state index contributed by atoms with van der Waals surface area (Å²) in [4.78, 5) is 13.4. The zero-order valence-corrected chi connectivity index (χ0v) is 20.2. The maximum atomic E-state index is 13.1. The van der Waals surface area contributed by atoms with Crippen molar-refractivity contribution in [1.82, 2.24) is 14.9 Å². The average Bonchev–Trinajstić information content (AvgIpc) is 2.85. The monoisotopic (exact) mass is 493 g/mol. The Balaban J connectivity index is 1.41. The van der Waals surface area contributed by atoms with Crippen molar-refractivity contribution in [2.75, 3.05) is 42.8 Å². The van der Waals surface area contributed by atoms with E-state index in [1.807, 2.05) is 30.3 Å². The van der Waals surface area contributed by atoms with Gasteiger partial charge in [0.2, 0.25) is 0 Å². The highest BCUT2D eigenvalue weighted by Gasteiger charge is 2.19. The Kier molecular flexibility index (Phi) is 6.12. The third-order valence-corrected chi connectivity index (χ3v) is 7.70. The van der Waals surface area contributed by atoms with Crippen molar-refractivity contribution >= 4 is 43.9 Å². The molecule has 1 N–H and O–H groups in total. The van der Waals surface area contributed by atoms with Crippen LogP contribution in [0.25, 0.3) is 22.0 Å². The number of likely N-dealkylation sites (N-methyl/N-ethyl adjacent to an activating group) is 1. The zero-order chi connectivity index (χ0) is 23.7. The molecule has 9 heteroatoms. The quantitative estimate of drug-likeness (QED) is 0.441. The third kappa shape index (κ3) is 4.57. The fraction of sp³-hybridized carbons (Fsp3) is 0.200. The predicted molar refractivity (Wildman–Crippen MR) is 137 cm³/mol. The fourth-order valence-corrected chi connectivity index (χ4v) is 5.27. The highest BCUT2D eigenvalue weighted by Crippen LogP contribution is 2.34. The first-order valence-electron chi connectivity index (χ1n) is 11.0. The highest BCUT2D eigenvalue weighted by molar-refractivity contribution is 7.92. The van der Waals surface area contributed by atoms with Crippen LogP contribution in [0.2, 0.25) is 5.02 Å². The summed E-state index contributed by atoms with van der Waals surface area (Å²) >= 11 is 6.48. The summed E-state index contributed by atoms with van der Waals surface area (Å²) in [7, 11) is -1.74. The van der Waals surface area contributed by atoms with Crippen molar-refractivity contribution in [3.05, 3.63) is 78.1 Å². The van der Waals surface area contributed by atoms with E-state index in [0.717, 1.165) is 42.8 Å². The molecule has 0 amide bonds. The van der Waals surface area contributed by atoms with Gasteiger partial charge in [0.25, 0.3) is 10.0 Å². The molecule has 0 spiro atoms. The Morgan fingerprint density at radius 1 is 0.941 bits per heavy atom. The van der Waals surface area contributed by atoms with Gasteiger partial charge in [-0.3, -0.25) is 9.71 Å². The van der Waals surface area contributed by atoms with Gasteiger partial charge in [-0.25, -0.2) is 13.4 Å². The number of anilines is 2. The molecule has 0 unspecified atom stereocenters. The Morgan fingerprint density at radius 2 is 1.74 bits per heavy atom. The van der Waals surface area contributed by atoms with Crippen LogP contribution < -0.4 is 9.62 Å². The summed E-state index contributed by atoms with van der Waals surface area (Å²) in [6.07, 6.45) is 3.12. The van der Waals surface area contributed by atoms with Crippen LogP contribution in [0.1, 0.15) is 0 Å². The zero-order valence-electron chi connectivity index (χ0n) is 18.6. The minimum Gasteiger partial charge on any atom is -0.354 e. The molecule has 1 aliphatic rings. The number of nitrogens with zero attached hydrogens (tertiary/aromatic N) is 4. The van der Waals surface area contributed by atoms with Gasteiger partial charge in [0.15, 0.2) is 0 Å². The van der Waals surface area contributed by atoms with Crippen LogP contribution in [0.15, 0.2) is 78.0 Å². The standard InChI is InChI=1S/C25H24ClN5O2S/c1-30-12-14-31(15-13-30)24-9-7-20(17-28-24)34(32,33)29-19-6-8-23(26)22(16-19)25-21-5-3-2-4-18(21)10-11-27-25/h2-11,16-17,29H,12-15H2,1H3. The number of sulfonamides is 1. The lowest BCUT2D eigenvalue weighted by atomic mass is 10.0. The summed E-state index contributed by atoms with van der Waals surface area (Å²) in [5.41, 5.74) is 1.75. The minimum atomic E-state index is -3.83. The van der Waals surface area contributed by atoms with Gasteiger partial charge in [0, 0.05) is 55.2 Å². The molecule has 1 aliphatic heterocycles. The summed E-state index contributed by atoms with van der Waals surface area (Å²) in [6, 6.07) is 18.2. The van der Waals surface area contributed by atoms with Crippen molar-refractivity contribution in [2.45, 2.75) is 4.90 Å². The molecular weight excluding hydrogens is 470 g/mol. The van der Waals surface area contributed by atoms with Gasteiger partial charge in [-0.1, -0.05) is 35.9 Å². The van der Waals surface area contributed by atoms with E-state index in [0.29, 0.717) is 22.0 Å². The smallest absolute Gasteiger partial charge is 0.263 e. The van der Waals surface area contributed by atoms with E-state index in [2.05, 4.69) is 31.5 Å². The van der Waals surface area contributed by atoms with E-state index in [4.69, 9.17) is 11.6 Å². The molecule has 0 aliphatic carbocycles. The third-order valence-electron chi connectivity index (χ3n) is 6.01. The number of benzene rings is 2. The van der Waals surface area contributed by atoms with Crippen molar-refractivity contribution in [3.63, 3.8) is 0 Å². The van der Waals surface area contributed by atoms with Crippen molar-refractivity contribution in [1.29, 1.82) is 0 Å². The number of pyridine rings is 2. The molecular formula is C25H24ClN5O2S. The summed E-state index contributed by atoms with van der Waals surface area (Å²) < 4.78 is 28.8. The van der Waals surface area contributed by atoms with Gasteiger partial charge in [0.05, 0.1) is 10.7 Å². The molecule has 3 heterocycles. The maximum Gasteiger partial charge on any atom is 0.263 e. The van der Waals surface area contributed by atoms with Gasteiger partial charge in [-0.15, -0.1) is 0 Å². The van der Waals surface area contributed by atoms with E-state index in [9.17, 15) is 8.42 Å². The molecule has 5 rings (SSSR count). The Bertz CT molecular complexity index is 1430. The van der Waals surface area contributed by atoms with Gasteiger partial charge < -0.3 is 9.80 Å². The lowest BCUT2D eigenvalue weighted by molar-refractivity contribution is 0.312. The summed E-state index contributed by atoms with van der Waals surface area (Å²) in [6.45, 7) is 3.63. The molecule has 0 radical (unpaired) electrons. The Morgan fingerprint density at radius 3 is 2.50 bits per heavy atom. The van der Waals surface area contributed by atoms with Gasteiger partial charge in [-0.2, -0.15) is 0 Å². The van der Waals surface area contributed by atoms with E-state index >= 15 is 0 Å². The topological polar surface area (TPSA) is 78.4 Å². The van der Waals surface area contributed by atoms with Crippen LogP contribution in [0.5, 0.6) is 0 Å². The first-order valence-corrected chi connectivity index (χ1v) is 12.8. The number of rotatable bonds is 5. The lowest BCUT2D eigenvalue weighted by Crippen LogP contribution is -2.44. The normalized spacial score (nSPS) is 14.9. The Labute approximate surface area is 204 Å². The molecule has 174 valence electrons. The first kappa shape index (κ1) is 22.6. The number of piperazine rings is 1. The lowest BCUT2D eigenvalue weighted by Gasteiger charge is -2.33. The van der Waals surface area contributed by atoms with E-state index in [1.54, 1.807) is 36.5 Å². The molecule has 1 saturated heterocycles. The first-order chi connectivity index (χ1) is 16.4. The minimum absolute atomic E-state index is 0.102. The van der Waals surface area contributed by atoms with Crippen molar-refractivity contribution in [2.24, 2.45) is 0 Å². The van der Waals surface area contributed by atoms with Crippen LogP contribution in [0.4, 0.5) is 11.5 Å². The van der Waals surface area contributed by atoms with Crippen LogP contribution in [0.3, 0.4) is 0 Å². The molecule has 0 atom stereocenters. The van der Waals surface area contributed by atoms with E-state index in [-0.39, 0.29) is 4.90 Å². The molecule has 4 aromatic rings. The Hall–Kier alpha value is -3.20. The van der Waals surface area contributed by atoms with Crippen LogP contribution in [-0.2, 0) is 10.0 Å². The molecule has 34 heavy (non-hydrogen) atoms. The van der Waals surface area contributed by atoms with Gasteiger partial charge in [-0.05, 0) is 48.8 Å². The SMILES string of the molecule is CN1CCN(c2ccc(S(=O)(=O)Nc3ccc(Cl)c(-c4nccc5ccccc45)c3)cn2)CC1. The van der Waals surface area contributed by atoms with E-state index in [1.165, 1.54) is 6.20 Å². The summed E-state index contributed by atoms with van der Waals surface area (Å²) in [5, 5.41) is 2.46. The van der Waals surface area contributed by atoms with Gasteiger partial charge >= 0.3 is 0 Å². The molecule has 0 saturated carbocycles. The largest absolute Gasteiger partial charge is 0.354 e. The highest BCUT2D eigenvalue weighted by atomic mass is 35.5. The maximum absolute atomic E-state index is 13.1. The van der Waals surface area contributed by atoms with Gasteiger partial charge in [0.1, 0.15) is 10.7 Å². The number of hydrogen-bond acceptors (Lipinski definition) is 6. The number of hydrogen-bond donors (Lipinski definition) is 1. The van der Waals surface area contributed by atoms with Crippen molar-refractivity contribution in [3.8, 4) is 11.3 Å². The molecule has 7 nitrogen and oxygen atoms in total. The molecule has 2 aromatic carbocycles. The predicted octanol–water partition coefficient (Wildman–Crippen LogP) is 4.50. The number of halogens is 1. The number of fused-ring (bicyclic) bond motifs is 1. The summed E-state index contributed by atoms with van der Waals surface area (Å²) in [5.74, 6) is 0.780. The molecule has 1 fully saturated rings. The number of aromatic nitrogens is 2. The fourth-order valence-electron chi connectivity index (χ4n) is 4.07. The van der Waals surface area contributed by atoms with Crippen molar-refractivity contribution < 1.29 is 8.42 Å². The second-order valence-corrected chi connectivity index (χ2v) is 10.4.